The van der Waals surface area contributed by atoms with Crippen LogP contribution in [0, 0.1) is 0 Å². The average molecular weight is 297 g/mol. The molecular formula is C11H13BrN4O. The molecule has 2 N–H and O–H groups in total. The molecule has 90 valence electrons. The van der Waals surface area contributed by atoms with Crippen LogP contribution in [0.25, 0.3) is 0 Å². The second kappa shape index (κ2) is 5.18. The van der Waals surface area contributed by atoms with Gasteiger partial charge in [0.2, 0.25) is 0 Å². The van der Waals surface area contributed by atoms with Crippen molar-refractivity contribution >= 4 is 21.8 Å². The number of carbonyl (C=O) groups excluding carboxylic acids is 1. The molecule has 17 heavy (non-hydrogen) atoms. The molecule has 0 saturated carbocycles. The third kappa shape index (κ3) is 3.20. The van der Waals surface area contributed by atoms with Crippen LogP contribution in [0.1, 0.15) is 17.4 Å². The molecule has 0 aliphatic carbocycles. The summed E-state index contributed by atoms with van der Waals surface area (Å²) in [5, 5.41) is 2.91. The van der Waals surface area contributed by atoms with Crippen LogP contribution in [0.3, 0.4) is 0 Å². The Hall–Kier alpha value is -1.56. The Bertz CT molecular complexity index is 491. The molecule has 5 nitrogen and oxygen atoms in total. The fourth-order valence-electron chi connectivity index (χ4n) is 1.56. The number of aromatic amines is 1. The van der Waals surface area contributed by atoms with Crippen molar-refractivity contribution in [3.8, 4) is 0 Å². The van der Waals surface area contributed by atoms with E-state index in [1.54, 1.807) is 24.8 Å². The van der Waals surface area contributed by atoms with Crippen molar-refractivity contribution in [2.45, 2.75) is 19.5 Å². The number of rotatable bonds is 4. The number of aromatic nitrogens is 3. The predicted molar refractivity (Wildman–Crippen MR) is 67.6 cm³/mol. The number of amides is 1. The van der Waals surface area contributed by atoms with Gasteiger partial charge in [-0.2, -0.15) is 0 Å². The first-order chi connectivity index (χ1) is 8.15. The minimum Gasteiger partial charge on any atom is -0.356 e. The summed E-state index contributed by atoms with van der Waals surface area (Å²) >= 11 is 3.29. The van der Waals surface area contributed by atoms with Gasteiger partial charge in [0.05, 0.1) is 6.33 Å². The van der Waals surface area contributed by atoms with Gasteiger partial charge in [0.15, 0.2) is 0 Å². The van der Waals surface area contributed by atoms with Crippen LogP contribution in [0.5, 0.6) is 0 Å². The smallest absolute Gasteiger partial charge is 0.268 e. The number of nitrogens with one attached hydrogen (secondary N) is 2. The molecule has 1 amide bonds. The second-order valence-corrected chi connectivity index (χ2v) is 4.78. The molecule has 1 atom stereocenters. The van der Waals surface area contributed by atoms with Crippen molar-refractivity contribution < 1.29 is 4.79 Å². The summed E-state index contributed by atoms with van der Waals surface area (Å²) in [6, 6.07) is 1.79. The van der Waals surface area contributed by atoms with Crippen LogP contribution >= 0.6 is 15.9 Å². The van der Waals surface area contributed by atoms with E-state index in [-0.39, 0.29) is 11.9 Å². The molecule has 2 aromatic heterocycles. The van der Waals surface area contributed by atoms with E-state index < -0.39 is 0 Å². The Morgan fingerprint density at radius 3 is 3.12 bits per heavy atom. The highest BCUT2D eigenvalue weighted by Crippen LogP contribution is 2.10. The monoisotopic (exact) mass is 296 g/mol. The Morgan fingerprint density at radius 1 is 1.71 bits per heavy atom. The van der Waals surface area contributed by atoms with E-state index in [0.29, 0.717) is 12.2 Å². The van der Waals surface area contributed by atoms with E-state index in [0.717, 1.165) is 4.47 Å². The summed E-state index contributed by atoms with van der Waals surface area (Å²) in [7, 11) is 0. The van der Waals surface area contributed by atoms with Gasteiger partial charge in [0.25, 0.3) is 5.91 Å². The van der Waals surface area contributed by atoms with Gasteiger partial charge in [0.1, 0.15) is 5.69 Å². The van der Waals surface area contributed by atoms with Gasteiger partial charge in [-0.25, -0.2) is 4.98 Å². The quantitative estimate of drug-likeness (QED) is 0.904. The maximum atomic E-state index is 11.8. The highest BCUT2D eigenvalue weighted by atomic mass is 79.9. The van der Waals surface area contributed by atoms with Crippen molar-refractivity contribution in [3.05, 3.63) is 41.2 Å². The number of hydrogen-bond donors (Lipinski definition) is 2. The SMILES string of the molecule is CC(Cn1ccnc1)NC(=O)c1cc(Br)c[nH]1. The molecule has 2 heterocycles. The Balaban J connectivity index is 1.90. The molecule has 0 radical (unpaired) electrons. The number of imidazole rings is 1. The summed E-state index contributed by atoms with van der Waals surface area (Å²) in [6.45, 7) is 2.66. The lowest BCUT2D eigenvalue weighted by molar-refractivity contribution is 0.0932. The molecule has 2 rings (SSSR count). The zero-order chi connectivity index (χ0) is 12.3. The largest absolute Gasteiger partial charge is 0.356 e. The van der Waals surface area contributed by atoms with E-state index >= 15 is 0 Å². The van der Waals surface area contributed by atoms with E-state index in [9.17, 15) is 4.79 Å². The Kier molecular flexibility index (Phi) is 3.63. The fourth-order valence-corrected chi connectivity index (χ4v) is 1.90. The van der Waals surface area contributed by atoms with E-state index in [1.165, 1.54) is 0 Å². The Labute approximate surface area is 107 Å². The first kappa shape index (κ1) is 11.9. The van der Waals surface area contributed by atoms with E-state index in [2.05, 4.69) is 31.2 Å². The van der Waals surface area contributed by atoms with Crippen molar-refractivity contribution in [2.75, 3.05) is 0 Å². The number of carbonyl (C=O) groups is 1. The van der Waals surface area contributed by atoms with Gasteiger partial charge in [-0.15, -0.1) is 0 Å². The van der Waals surface area contributed by atoms with Crippen molar-refractivity contribution in [1.29, 1.82) is 0 Å². The van der Waals surface area contributed by atoms with Crippen LogP contribution < -0.4 is 5.32 Å². The Morgan fingerprint density at radius 2 is 2.53 bits per heavy atom. The lowest BCUT2D eigenvalue weighted by Crippen LogP contribution is -2.35. The topological polar surface area (TPSA) is 62.7 Å². The van der Waals surface area contributed by atoms with Crippen molar-refractivity contribution in [3.63, 3.8) is 0 Å². The number of H-pyrrole nitrogens is 1. The molecular weight excluding hydrogens is 284 g/mol. The molecule has 0 bridgehead atoms. The molecule has 0 aromatic carbocycles. The highest BCUT2D eigenvalue weighted by molar-refractivity contribution is 9.10. The number of hydrogen-bond acceptors (Lipinski definition) is 2. The maximum Gasteiger partial charge on any atom is 0.268 e. The summed E-state index contributed by atoms with van der Waals surface area (Å²) < 4.78 is 2.79. The first-order valence-electron chi connectivity index (χ1n) is 5.25. The standard InChI is InChI=1S/C11H13BrN4O/c1-8(6-16-3-2-13-7-16)15-11(17)10-4-9(12)5-14-10/h2-5,7-8,14H,6H2,1H3,(H,15,17). The molecule has 0 aliphatic rings. The van der Waals surface area contributed by atoms with E-state index in [1.807, 2.05) is 17.7 Å². The lowest BCUT2D eigenvalue weighted by Gasteiger charge is -2.13. The van der Waals surface area contributed by atoms with Gasteiger partial charge in [-0.3, -0.25) is 4.79 Å². The van der Waals surface area contributed by atoms with Gasteiger partial charge in [-0.1, -0.05) is 0 Å². The molecule has 0 aliphatic heterocycles. The summed E-state index contributed by atoms with van der Waals surface area (Å²) in [5.74, 6) is -0.108. The molecule has 2 aromatic rings. The highest BCUT2D eigenvalue weighted by Gasteiger charge is 2.11. The molecule has 1 unspecified atom stereocenters. The van der Waals surface area contributed by atoms with Crippen LogP contribution in [0.15, 0.2) is 35.5 Å². The van der Waals surface area contributed by atoms with Gasteiger partial charge in [0, 0.05) is 35.6 Å². The zero-order valence-electron chi connectivity index (χ0n) is 9.35. The summed E-state index contributed by atoms with van der Waals surface area (Å²) in [5.41, 5.74) is 0.550. The van der Waals surface area contributed by atoms with Crippen LogP contribution in [0.4, 0.5) is 0 Å². The molecule has 0 spiro atoms. The normalized spacial score (nSPS) is 12.4. The molecule has 0 saturated heterocycles. The number of halogens is 1. The number of nitrogens with zero attached hydrogens (tertiary/aromatic N) is 2. The summed E-state index contributed by atoms with van der Waals surface area (Å²) in [6.07, 6.45) is 7.05. The van der Waals surface area contributed by atoms with Crippen LogP contribution in [0.2, 0.25) is 0 Å². The lowest BCUT2D eigenvalue weighted by atomic mass is 10.3. The van der Waals surface area contributed by atoms with Gasteiger partial charge in [-0.05, 0) is 28.9 Å². The van der Waals surface area contributed by atoms with Gasteiger partial charge < -0.3 is 14.9 Å². The summed E-state index contributed by atoms with van der Waals surface area (Å²) in [4.78, 5) is 18.7. The van der Waals surface area contributed by atoms with Crippen molar-refractivity contribution in [2.24, 2.45) is 0 Å². The zero-order valence-corrected chi connectivity index (χ0v) is 10.9. The molecule has 6 heteroatoms. The van der Waals surface area contributed by atoms with Crippen LogP contribution in [-0.4, -0.2) is 26.5 Å². The predicted octanol–water partition coefficient (Wildman–Crippen LogP) is 1.79. The van der Waals surface area contributed by atoms with Crippen LogP contribution in [-0.2, 0) is 6.54 Å². The van der Waals surface area contributed by atoms with E-state index in [4.69, 9.17) is 0 Å². The maximum absolute atomic E-state index is 11.8. The van der Waals surface area contributed by atoms with Gasteiger partial charge >= 0.3 is 0 Å². The third-order valence-electron chi connectivity index (χ3n) is 2.31. The second-order valence-electron chi connectivity index (χ2n) is 3.87. The third-order valence-corrected chi connectivity index (χ3v) is 2.77. The minimum atomic E-state index is -0.108. The average Bonchev–Trinajstić information content (AvgIpc) is 2.89. The van der Waals surface area contributed by atoms with Crippen molar-refractivity contribution in [1.82, 2.24) is 19.9 Å². The fraction of sp³-hybridized carbons (Fsp3) is 0.273. The first-order valence-corrected chi connectivity index (χ1v) is 6.05. The molecule has 0 fully saturated rings. The minimum absolute atomic E-state index is 0.0405.